The molecule has 0 aromatic rings. The van der Waals surface area contributed by atoms with E-state index in [1.165, 1.54) is 50.5 Å². The van der Waals surface area contributed by atoms with Gasteiger partial charge in [0.15, 0.2) is 0 Å². The molecule has 0 bridgehead atoms. The van der Waals surface area contributed by atoms with Crippen molar-refractivity contribution >= 4 is 5.97 Å². The van der Waals surface area contributed by atoms with Gasteiger partial charge in [-0.2, -0.15) is 0 Å². The zero-order valence-electron chi connectivity index (χ0n) is 18.4. The van der Waals surface area contributed by atoms with Crippen LogP contribution in [0.4, 0.5) is 0 Å². The van der Waals surface area contributed by atoms with Gasteiger partial charge in [-0.3, -0.25) is 4.79 Å². The SMILES string of the molecule is C/C1=C/COC(=O)CC[C@@H]2[C@@H]1CC[C@]1(C)[C@@H]([C@H](C)CCCC(C)C)CC[C@@H]21. The van der Waals surface area contributed by atoms with Crippen molar-refractivity contribution in [2.75, 3.05) is 6.61 Å². The second kappa shape index (κ2) is 8.70. The van der Waals surface area contributed by atoms with Crippen LogP contribution in [0.2, 0.25) is 0 Å². The molecule has 0 unspecified atom stereocenters. The van der Waals surface area contributed by atoms with E-state index in [2.05, 4.69) is 40.7 Å². The Morgan fingerprint density at radius 2 is 1.93 bits per heavy atom. The summed E-state index contributed by atoms with van der Waals surface area (Å²) in [6.45, 7) is 12.6. The van der Waals surface area contributed by atoms with Crippen LogP contribution in [0.15, 0.2) is 11.6 Å². The van der Waals surface area contributed by atoms with Crippen LogP contribution in [-0.4, -0.2) is 12.6 Å². The van der Waals surface area contributed by atoms with Crippen LogP contribution < -0.4 is 0 Å². The monoisotopic (exact) mass is 374 g/mol. The third-order valence-corrected chi connectivity index (χ3v) is 8.55. The van der Waals surface area contributed by atoms with Crippen LogP contribution in [0.3, 0.4) is 0 Å². The fourth-order valence-electron chi connectivity index (χ4n) is 7.05. The van der Waals surface area contributed by atoms with Crippen molar-refractivity contribution < 1.29 is 9.53 Å². The first kappa shape index (κ1) is 20.9. The highest BCUT2D eigenvalue weighted by Crippen LogP contribution is 2.62. The summed E-state index contributed by atoms with van der Waals surface area (Å²) >= 11 is 0. The van der Waals surface area contributed by atoms with E-state index in [0.29, 0.717) is 30.3 Å². The highest BCUT2D eigenvalue weighted by molar-refractivity contribution is 5.69. The number of hydrogen-bond donors (Lipinski definition) is 0. The molecule has 2 fully saturated rings. The molecule has 2 heteroatoms. The van der Waals surface area contributed by atoms with E-state index in [0.717, 1.165) is 30.1 Å². The lowest BCUT2D eigenvalue weighted by molar-refractivity contribution is -0.143. The quantitative estimate of drug-likeness (QED) is 0.391. The summed E-state index contributed by atoms with van der Waals surface area (Å²) in [4.78, 5) is 12.0. The van der Waals surface area contributed by atoms with E-state index >= 15 is 0 Å². The number of ether oxygens (including phenoxy) is 1. The number of allylic oxidation sites excluding steroid dienone is 1. The van der Waals surface area contributed by atoms with Gasteiger partial charge in [-0.25, -0.2) is 0 Å². The van der Waals surface area contributed by atoms with Gasteiger partial charge in [-0.15, -0.1) is 0 Å². The van der Waals surface area contributed by atoms with Gasteiger partial charge in [0.2, 0.25) is 0 Å². The molecule has 0 amide bonds. The molecule has 2 saturated carbocycles. The summed E-state index contributed by atoms with van der Waals surface area (Å²) < 4.78 is 5.38. The first-order chi connectivity index (χ1) is 12.8. The molecule has 0 aromatic carbocycles. The molecule has 1 aliphatic heterocycles. The number of cyclic esters (lactones) is 1. The molecule has 3 aliphatic rings. The summed E-state index contributed by atoms with van der Waals surface area (Å²) in [5, 5.41) is 0. The Morgan fingerprint density at radius 1 is 1.15 bits per heavy atom. The first-order valence-electron chi connectivity index (χ1n) is 11.6. The molecular formula is C25H42O2. The Labute approximate surface area is 167 Å². The van der Waals surface area contributed by atoms with Crippen molar-refractivity contribution in [2.24, 2.45) is 40.9 Å². The molecule has 3 rings (SSSR count). The molecule has 0 aromatic heterocycles. The maximum atomic E-state index is 12.0. The Morgan fingerprint density at radius 3 is 2.67 bits per heavy atom. The summed E-state index contributed by atoms with van der Waals surface area (Å²) in [5.41, 5.74) is 1.96. The van der Waals surface area contributed by atoms with Crippen molar-refractivity contribution in [3.05, 3.63) is 11.6 Å². The van der Waals surface area contributed by atoms with Gasteiger partial charge >= 0.3 is 5.97 Å². The molecule has 0 saturated heterocycles. The van der Waals surface area contributed by atoms with E-state index < -0.39 is 0 Å². The lowest BCUT2D eigenvalue weighted by Gasteiger charge is -2.50. The molecule has 2 nitrogen and oxygen atoms in total. The Bertz CT molecular complexity index is 549. The number of carbonyl (C=O) groups excluding carboxylic acids is 1. The fraction of sp³-hybridized carbons (Fsp3) is 0.880. The predicted molar refractivity (Wildman–Crippen MR) is 112 cm³/mol. The molecule has 27 heavy (non-hydrogen) atoms. The fourth-order valence-corrected chi connectivity index (χ4v) is 7.05. The third kappa shape index (κ3) is 4.46. The van der Waals surface area contributed by atoms with Crippen molar-refractivity contribution in [3.63, 3.8) is 0 Å². The van der Waals surface area contributed by atoms with Crippen LogP contribution >= 0.6 is 0 Å². The molecule has 1 heterocycles. The van der Waals surface area contributed by atoms with Crippen LogP contribution in [0.5, 0.6) is 0 Å². The molecule has 0 N–H and O–H groups in total. The van der Waals surface area contributed by atoms with E-state index in [-0.39, 0.29) is 5.97 Å². The standard InChI is InChI=1S/C25H42O2/c1-17(2)7-6-8-19(4)22-10-11-23-21-9-12-24(26)27-16-14-18(3)20(21)13-15-25(22,23)5/h14,17,19-23H,6-13,15-16H2,1-5H3/b18-14-/t19-,20-,21-,22-,23+,25-/m1/s1. The molecular weight excluding hydrogens is 332 g/mol. The van der Waals surface area contributed by atoms with E-state index in [1.807, 2.05) is 0 Å². The van der Waals surface area contributed by atoms with E-state index in [9.17, 15) is 4.79 Å². The largest absolute Gasteiger partial charge is 0.461 e. The summed E-state index contributed by atoms with van der Waals surface area (Å²) in [6.07, 6.45) is 13.4. The average Bonchev–Trinajstić information content (AvgIpc) is 2.98. The Balaban J connectivity index is 1.73. The second-order valence-corrected chi connectivity index (χ2v) is 10.6. The van der Waals surface area contributed by atoms with Gasteiger partial charge in [-0.1, -0.05) is 52.5 Å². The van der Waals surface area contributed by atoms with E-state index in [4.69, 9.17) is 4.74 Å². The minimum atomic E-state index is 0.00331. The Kier molecular flexibility index (Phi) is 6.75. The highest BCUT2D eigenvalue weighted by Gasteiger charge is 2.54. The first-order valence-corrected chi connectivity index (χ1v) is 11.6. The third-order valence-electron chi connectivity index (χ3n) is 8.55. The number of carbonyl (C=O) groups is 1. The lowest BCUT2D eigenvalue weighted by atomic mass is 9.54. The molecule has 2 aliphatic carbocycles. The summed E-state index contributed by atoms with van der Waals surface area (Å²) in [7, 11) is 0. The zero-order chi connectivity index (χ0) is 19.6. The van der Waals surface area contributed by atoms with Crippen LogP contribution in [0, 0.1) is 40.9 Å². The molecule has 6 atom stereocenters. The number of hydrogen-bond acceptors (Lipinski definition) is 2. The topological polar surface area (TPSA) is 26.3 Å². The summed E-state index contributed by atoms with van der Waals surface area (Å²) in [5.74, 6) is 4.69. The number of rotatable bonds is 5. The van der Waals surface area contributed by atoms with Crippen molar-refractivity contribution in [3.8, 4) is 0 Å². The van der Waals surface area contributed by atoms with Gasteiger partial charge in [0.25, 0.3) is 0 Å². The molecule has 0 spiro atoms. The maximum Gasteiger partial charge on any atom is 0.306 e. The maximum absolute atomic E-state index is 12.0. The van der Waals surface area contributed by atoms with Crippen molar-refractivity contribution in [2.45, 2.75) is 92.4 Å². The molecule has 154 valence electrons. The van der Waals surface area contributed by atoms with Crippen molar-refractivity contribution in [1.29, 1.82) is 0 Å². The predicted octanol–water partition coefficient (Wildman–Crippen LogP) is 6.79. The van der Waals surface area contributed by atoms with Gasteiger partial charge in [0, 0.05) is 6.42 Å². The Hall–Kier alpha value is -0.790. The van der Waals surface area contributed by atoms with Crippen LogP contribution in [0.1, 0.15) is 92.4 Å². The minimum Gasteiger partial charge on any atom is -0.461 e. The number of fused-ring (bicyclic) bond motifs is 3. The van der Waals surface area contributed by atoms with Gasteiger partial charge in [-0.05, 0) is 86.0 Å². The smallest absolute Gasteiger partial charge is 0.306 e. The minimum absolute atomic E-state index is 0.00331. The summed E-state index contributed by atoms with van der Waals surface area (Å²) in [6, 6.07) is 0. The van der Waals surface area contributed by atoms with Crippen LogP contribution in [0.25, 0.3) is 0 Å². The lowest BCUT2D eigenvalue weighted by Crippen LogP contribution is -2.43. The normalized spacial score (nSPS) is 40.1. The number of esters is 1. The average molecular weight is 375 g/mol. The second-order valence-electron chi connectivity index (χ2n) is 10.6. The highest BCUT2D eigenvalue weighted by atomic mass is 16.5. The molecule has 0 radical (unpaired) electrons. The zero-order valence-corrected chi connectivity index (χ0v) is 18.4. The van der Waals surface area contributed by atoms with Gasteiger partial charge in [0.05, 0.1) is 0 Å². The van der Waals surface area contributed by atoms with Crippen molar-refractivity contribution in [1.82, 2.24) is 0 Å². The van der Waals surface area contributed by atoms with E-state index in [1.54, 1.807) is 0 Å². The van der Waals surface area contributed by atoms with Crippen LogP contribution in [-0.2, 0) is 9.53 Å². The van der Waals surface area contributed by atoms with Gasteiger partial charge < -0.3 is 4.74 Å². The van der Waals surface area contributed by atoms with Gasteiger partial charge in [0.1, 0.15) is 6.61 Å².